The predicted molar refractivity (Wildman–Crippen MR) is 121 cm³/mol. The molecule has 152 valence electrons. The SMILES string of the molecule is CCCCCC(S)OP(=O)(OC(S)CCCCC)C(S)CCCCC. The lowest BCUT2D eigenvalue weighted by molar-refractivity contribution is 0.169. The second kappa shape index (κ2) is 16.2. The van der Waals surface area contributed by atoms with Crippen molar-refractivity contribution in [2.75, 3.05) is 0 Å². The maximum Gasteiger partial charge on any atom is 0.345 e. The molecule has 3 unspecified atom stereocenters. The van der Waals surface area contributed by atoms with Crippen molar-refractivity contribution in [2.24, 2.45) is 0 Å². The fourth-order valence-corrected chi connectivity index (χ4v) is 5.86. The monoisotopic (exact) mass is 430 g/mol. The summed E-state index contributed by atoms with van der Waals surface area (Å²) in [6, 6.07) is 0. The number of thiol groups is 3. The smallest absolute Gasteiger partial charge is 0.294 e. The van der Waals surface area contributed by atoms with Gasteiger partial charge in [0.2, 0.25) is 0 Å². The Kier molecular flexibility index (Phi) is 17.0. The van der Waals surface area contributed by atoms with Gasteiger partial charge < -0.3 is 0 Å². The van der Waals surface area contributed by atoms with E-state index in [1.807, 2.05) is 0 Å². The molecule has 0 spiro atoms. The van der Waals surface area contributed by atoms with Crippen molar-refractivity contribution in [3.8, 4) is 0 Å². The molecule has 0 saturated carbocycles. The van der Waals surface area contributed by atoms with Crippen molar-refractivity contribution >= 4 is 45.5 Å². The first-order chi connectivity index (χ1) is 11.9. The summed E-state index contributed by atoms with van der Waals surface area (Å²) in [4.78, 5) is -0.416. The van der Waals surface area contributed by atoms with Gasteiger partial charge in [0, 0.05) is 0 Å². The van der Waals surface area contributed by atoms with E-state index in [9.17, 15) is 4.57 Å². The topological polar surface area (TPSA) is 35.5 Å². The van der Waals surface area contributed by atoms with Crippen LogP contribution in [0.3, 0.4) is 0 Å². The van der Waals surface area contributed by atoms with Gasteiger partial charge in [0.25, 0.3) is 0 Å². The average Bonchev–Trinajstić information content (AvgIpc) is 2.55. The fraction of sp³-hybridized carbons (Fsp3) is 1.00. The average molecular weight is 431 g/mol. The molecular weight excluding hydrogens is 391 g/mol. The molecule has 3 atom stereocenters. The highest BCUT2D eigenvalue weighted by Gasteiger charge is 2.37. The number of unbranched alkanes of at least 4 members (excludes halogenated alkanes) is 6. The first-order valence-electron chi connectivity index (χ1n) is 9.90. The minimum Gasteiger partial charge on any atom is -0.294 e. The summed E-state index contributed by atoms with van der Waals surface area (Å²) < 4.78 is 25.0. The van der Waals surface area contributed by atoms with E-state index in [0.717, 1.165) is 77.0 Å². The number of hydrogen-bond donors (Lipinski definition) is 3. The molecule has 0 radical (unpaired) electrons. The van der Waals surface area contributed by atoms with Crippen LogP contribution in [0.25, 0.3) is 0 Å². The third-order valence-electron chi connectivity index (χ3n) is 4.08. The van der Waals surface area contributed by atoms with Gasteiger partial charge in [-0.25, -0.2) is 0 Å². The van der Waals surface area contributed by atoms with Crippen molar-refractivity contribution in [2.45, 2.75) is 114 Å². The van der Waals surface area contributed by atoms with E-state index in [4.69, 9.17) is 9.05 Å². The summed E-state index contributed by atoms with van der Waals surface area (Å²) in [7, 11) is -3.35. The van der Waals surface area contributed by atoms with E-state index >= 15 is 0 Å². The van der Waals surface area contributed by atoms with Crippen LogP contribution in [-0.4, -0.2) is 15.9 Å². The van der Waals surface area contributed by atoms with E-state index in [0.29, 0.717) is 0 Å². The molecule has 25 heavy (non-hydrogen) atoms. The summed E-state index contributed by atoms with van der Waals surface area (Å²) in [5.41, 5.74) is -0.760. The summed E-state index contributed by atoms with van der Waals surface area (Å²) in [6.07, 6.45) is 12.0. The molecule has 0 saturated heterocycles. The minimum absolute atomic E-state index is 0.380. The molecule has 0 aromatic carbocycles. The normalized spacial score (nSPS) is 17.8. The summed E-state index contributed by atoms with van der Waals surface area (Å²) >= 11 is 13.5. The van der Waals surface area contributed by atoms with Gasteiger partial charge in [0.1, 0.15) is 15.9 Å². The van der Waals surface area contributed by atoms with Gasteiger partial charge >= 0.3 is 7.60 Å². The largest absolute Gasteiger partial charge is 0.345 e. The number of rotatable bonds is 17. The molecule has 0 heterocycles. The fourth-order valence-electron chi connectivity index (χ4n) is 2.48. The molecule has 0 bridgehead atoms. The van der Waals surface area contributed by atoms with E-state index in [1.54, 1.807) is 0 Å². The summed E-state index contributed by atoms with van der Waals surface area (Å²) in [5, 5.41) is 0. The molecule has 0 N–H and O–H groups in total. The zero-order valence-corrected chi connectivity index (χ0v) is 19.8. The van der Waals surface area contributed by atoms with Crippen LogP contribution in [-0.2, 0) is 13.6 Å². The van der Waals surface area contributed by atoms with Crippen molar-refractivity contribution in [3.05, 3.63) is 0 Å². The van der Waals surface area contributed by atoms with E-state index in [2.05, 4.69) is 58.7 Å². The second-order valence-electron chi connectivity index (χ2n) is 6.63. The maximum atomic E-state index is 13.4. The second-order valence-corrected chi connectivity index (χ2v) is 10.9. The summed E-state index contributed by atoms with van der Waals surface area (Å²) in [5.74, 6) is 0. The number of hydrogen-bond acceptors (Lipinski definition) is 6. The van der Waals surface area contributed by atoms with Crippen LogP contribution < -0.4 is 0 Å². The Labute approximate surface area is 172 Å². The van der Waals surface area contributed by atoms with Gasteiger partial charge in [0.15, 0.2) is 0 Å². The zero-order valence-electron chi connectivity index (χ0n) is 16.2. The van der Waals surface area contributed by atoms with Gasteiger partial charge in [-0.05, 0) is 32.1 Å². The molecular formula is C18H39O3PS3. The van der Waals surface area contributed by atoms with Crippen LogP contribution in [0, 0.1) is 0 Å². The Bertz CT molecular complexity index is 336. The standard InChI is InChI=1S/C18H39O3PS3/c1-4-7-10-13-16(23)20-22(19,18(25)15-12-9-6-3)21-17(24)14-11-8-5-2/h16-18,23-25H,4-15H2,1-3H3. The molecule has 0 aliphatic rings. The van der Waals surface area contributed by atoms with Crippen LogP contribution >= 0.6 is 45.5 Å². The van der Waals surface area contributed by atoms with Crippen LogP contribution in [0.5, 0.6) is 0 Å². The van der Waals surface area contributed by atoms with Crippen molar-refractivity contribution in [1.29, 1.82) is 0 Å². The highest BCUT2D eigenvalue weighted by Crippen LogP contribution is 2.59. The van der Waals surface area contributed by atoms with Gasteiger partial charge in [-0.1, -0.05) is 65.7 Å². The molecule has 0 fully saturated rings. The minimum atomic E-state index is -3.35. The molecule has 0 aromatic rings. The van der Waals surface area contributed by atoms with Crippen LogP contribution in [0.15, 0.2) is 0 Å². The van der Waals surface area contributed by atoms with Crippen LogP contribution in [0.2, 0.25) is 0 Å². The summed E-state index contributed by atoms with van der Waals surface area (Å²) in [6.45, 7) is 6.46. The van der Waals surface area contributed by atoms with E-state index in [-0.39, 0.29) is 10.9 Å². The molecule has 3 nitrogen and oxygen atoms in total. The molecule has 0 rings (SSSR count). The Morgan fingerprint density at radius 1 is 0.680 bits per heavy atom. The van der Waals surface area contributed by atoms with Gasteiger partial charge in [0.05, 0.1) is 0 Å². The van der Waals surface area contributed by atoms with Crippen molar-refractivity contribution in [1.82, 2.24) is 0 Å². The van der Waals surface area contributed by atoms with E-state index < -0.39 is 12.6 Å². The quantitative estimate of drug-likeness (QED) is 0.0956. The van der Waals surface area contributed by atoms with Crippen molar-refractivity contribution in [3.63, 3.8) is 0 Å². The van der Waals surface area contributed by atoms with Gasteiger partial charge in [-0.2, -0.15) is 12.6 Å². The lowest BCUT2D eigenvalue weighted by Gasteiger charge is -2.28. The van der Waals surface area contributed by atoms with Crippen LogP contribution in [0.1, 0.15) is 97.8 Å². The maximum absolute atomic E-state index is 13.4. The molecule has 0 aliphatic heterocycles. The zero-order chi connectivity index (χ0) is 19.1. The molecule has 0 aromatic heterocycles. The molecule has 7 heteroatoms. The molecule has 0 aliphatic carbocycles. The first-order valence-corrected chi connectivity index (χ1v) is 13.1. The Morgan fingerprint density at radius 3 is 1.40 bits per heavy atom. The predicted octanol–water partition coefficient (Wildman–Crippen LogP) is 7.72. The van der Waals surface area contributed by atoms with Gasteiger partial charge in [-0.15, -0.1) is 25.3 Å². The van der Waals surface area contributed by atoms with E-state index in [1.165, 1.54) is 0 Å². The third kappa shape index (κ3) is 13.1. The Balaban J connectivity index is 4.74. The van der Waals surface area contributed by atoms with Gasteiger partial charge in [-0.3, -0.25) is 13.6 Å². The van der Waals surface area contributed by atoms with Crippen molar-refractivity contribution < 1.29 is 13.6 Å². The highest BCUT2D eigenvalue weighted by atomic mass is 32.1. The molecule has 0 amide bonds. The lowest BCUT2D eigenvalue weighted by Crippen LogP contribution is -2.16. The Morgan fingerprint density at radius 2 is 1.04 bits per heavy atom. The first kappa shape index (κ1) is 26.2. The lowest BCUT2D eigenvalue weighted by atomic mass is 10.2. The third-order valence-corrected chi connectivity index (χ3v) is 8.33. The Hall–Kier alpha value is 1.20. The highest BCUT2D eigenvalue weighted by molar-refractivity contribution is 7.90. The van der Waals surface area contributed by atoms with Crippen LogP contribution in [0.4, 0.5) is 0 Å².